The molecule has 0 spiro atoms. The summed E-state index contributed by atoms with van der Waals surface area (Å²) in [7, 11) is 0. The van der Waals surface area contributed by atoms with Crippen LogP contribution in [0.2, 0.25) is 0 Å². The molecule has 1 saturated heterocycles. The summed E-state index contributed by atoms with van der Waals surface area (Å²) in [6, 6.07) is 18.5. The van der Waals surface area contributed by atoms with Crippen molar-refractivity contribution in [2.75, 3.05) is 36.0 Å². The first-order chi connectivity index (χ1) is 14.2. The molecule has 1 aromatic heterocycles. The number of nitrogens with one attached hydrogen (secondary N) is 1. The third-order valence-corrected chi connectivity index (χ3v) is 5.17. The minimum Gasteiger partial charge on any atom is -0.368 e. The van der Waals surface area contributed by atoms with Gasteiger partial charge in [0.15, 0.2) is 0 Å². The Balaban J connectivity index is 1.31. The van der Waals surface area contributed by atoms with E-state index in [4.69, 9.17) is 0 Å². The highest BCUT2D eigenvalue weighted by atomic mass is 16.1. The fraction of sp³-hybridized carbons (Fsp3) is 0.261. The normalized spacial score (nSPS) is 14.0. The number of aromatic nitrogens is 2. The Morgan fingerprint density at radius 3 is 2.24 bits per heavy atom. The van der Waals surface area contributed by atoms with Crippen LogP contribution < -0.4 is 15.1 Å². The molecule has 0 unspecified atom stereocenters. The maximum absolute atomic E-state index is 12.3. The molecule has 148 valence electrons. The Labute approximate surface area is 171 Å². The molecular formula is C23H25N5O. The Morgan fingerprint density at radius 1 is 0.897 bits per heavy atom. The number of amides is 1. The molecule has 0 aliphatic carbocycles. The highest BCUT2D eigenvalue weighted by Crippen LogP contribution is 2.18. The standard InChI is InChI=1S/C23H25N5O/c1-18-7-9-19(10-8-18)15-26-23(29)21-16-25-22(17-24-21)28-13-11-27(12-14-28)20-5-3-2-4-6-20/h2-10,16-17H,11-15H2,1H3,(H,26,29). The van der Waals surface area contributed by atoms with Crippen LogP contribution in [-0.2, 0) is 6.54 Å². The second kappa shape index (κ2) is 8.73. The molecule has 0 bridgehead atoms. The Morgan fingerprint density at radius 2 is 1.59 bits per heavy atom. The molecule has 6 nitrogen and oxygen atoms in total. The number of anilines is 2. The van der Waals surface area contributed by atoms with Gasteiger partial charge in [0.05, 0.1) is 12.4 Å². The summed E-state index contributed by atoms with van der Waals surface area (Å²) in [6.45, 7) is 6.14. The van der Waals surface area contributed by atoms with Crippen LogP contribution >= 0.6 is 0 Å². The molecule has 1 aliphatic heterocycles. The van der Waals surface area contributed by atoms with Gasteiger partial charge in [0.1, 0.15) is 11.5 Å². The minimum atomic E-state index is -0.210. The minimum absolute atomic E-state index is 0.210. The number of para-hydroxylation sites is 1. The molecule has 29 heavy (non-hydrogen) atoms. The van der Waals surface area contributed by atoms with E-state index in [0.29, 0.717) is 12.2 Å². The average Bonchev–Trinajstić information content (AvgIpc) is 2.79. The fourth-order valence-electron chi connectivity index (χ4n) is 3.41. The van der Waals surface area contributed by atoms with E-state index >= 15 is 0 Å². The highest BCUT2D eigenvalue weighted by molar-refractivity contribution is 5.91. The van der Waals surface area contributed by atoms with Gasteiger partial charge in [-0.25, -0.2) is 9.97 Å². The molecule has 0 radical (unpaired) electrons. The van der Waals surface area contributed by atoms with Crippen molar-refractivity contribution < 1.29 is 4.79 Å². The molecular weight excluding hydrogens is 362 g/mol. The highest BCUT2D eigenvalue weighted by Gasteiger charge is 2.19. The van der Waals surface area contributed by atoms with Crippen molar-refractivity contribution in [3.05, 3.63) is 83.8 Å². The molecule has 1 aliphatic rings. The average molecular weight is 387 g/mol. The first-order valence-electron chi connectivity index (χ1n) is 9.90. The molecule has 0 saturated carbocycles. The summed E-state index contributed by atoms with van der Waals surface area (Å²) in [5, 5.41) is 2.90. The van der Waals surface area contributed by atoms with Gasteiger partial charge in [0, 0.05) is 38.4 Å². The second-order valence-corrected chi connectivity index (χ2v) is 7.24. The number of carbonyl (C=O) groups is 1. The van der Waals surface area contributed by atoms with Gasteiger partial charge in [-0.15, -0.1) is 0 Å². The van der Waals surface area contributed by atoms with Gasteiger partial charge in [-0.2, -0.15) is 0 Å². The maximum atomic E-state index is 12.3. The first kappa shape index (κ1) is 18.9. The van der Waals surface area contributed by atoms with E-state index in [1.54, 1.807) is 12.4 Å². The fourth-order valence-corrected chi connectivity index (χ4v) is 3.41. The van der Waals surface area contributed by atoms with E-state index in [9.17, 15) is 4.79 Å². The quantitative estimate of drug-likeness (QED) is 0.729. The summed E-state index contributed by atoms with van der Waals surface area (Å²) >= 11 is 0. The van der Waals surface area contributed by atoms with Gasteiger partial charge in [-0.3, -0.25) is 4.79 Å². The van der Waals surface area contributed by atoms with Crippen LogP contribution in [0.1, 0.15) is 21.6 Å². The lowest BCUT2D eigenvalue weighted by atomic mass is 10.1. The molecule has 1 amide bonds. The second-order valence-electron chi connectivity index (χ2n) is 7.24. The number of hydrogen-bond acceptors (Lipinski definition) is 5. The number of benzene rings is 2. The molecule has 4 rings (SSSR count). The van der Waals surface area contributed by atoms with Crippen molar-refractivity contribution >= 4 is 17.4 Å². The van der Waals surface area contributed by atoms with E-state index in [1.165, 1.54) is 11.3 Å². The van der Waals surface area contributed by atoms with Gasteiger partial charge < -0.3 is 15.1 Å². The third-order valence-electron chi connectivity index (χ3n) is 5.17. The van der Waals surface area contributed by atoms with Crippen LogP contribution in [0.3, 0.4) is 0 Å². The van der Waals surface area contributed by atoms with Gasteiger partial charge in [0.2, 0.25) is 0 Å². The topological polar surface area (TPSA) is 61.4 Å². The number of nitrogens with zero attached hydrogens (tertiary/aromatic N) is 4. The van der Waals surface area contributed by atoms with Crippen LogP contribution in [0.4, 0.5) is 11.5 Å². The summed E-state index contributed by atoms with van der Waals surface area (Å²) < 4.78 is 0. The molecule has 1 fully saturated rings. The van der Waals surface area contributed by atoms with E-state index in [1.807, 2.05) is 37.3 Å². The van der Waals surface area contributed by atoms with Crippen molar-refractivity contribution in [2.45, 2.75) is 13.5 Å². The number of carbonyl (C=O) groups excluding carboxylic acids is 1. The zero-order chi connectivity index (χ0) is 20.1. The number of hydrogen-bond donors (Lipinski definition) is 1. The summed E-state index contributed by atoms with van der Waals surface area (Å²) in [5.74, 6) is 0.603. The van der Waals surface area contributed by atoms with Crippen molar-refractivity contribution in [2.24, 2.45) is 0 Å². The summed E-state index contributed by atoms with van der Waals surface area (Å²) in [6.07, 6.45) is 3.25. The number of piperazine rings is 1. The number of rotatable bonds is 5. The third kappa shape index (κ3) is 4.71. The maximum Gasteiger partial charge on any atom is 0.271 e. The van der Waals surface area contributed by atoms with Gasteiger partial charge >= 0.3 is 0 Å². The van der Waals surface area contributed by atoms with Crippen molar-refractivity contribution in [3.8, 4) is 0 Å². The van der Waals surface area contributed by atoms with Gasteiger partial charge in [-0.1, -0.05) is 48.0 Å². The SMILES string of the molecule is Cc1ccc(CNC(=O)c2cnc(N3CCN(c4ccccc4)CC3)cn2)cc1. The first-order valence-corrected chi connectivity index (χ1v) is 9.90. The Kier molecular flexibility index (Phi) is 5.70. The largest absolute Gasteiger partial charge is 0.368 e. The van der Waals surface area contributed by atoms with Crippen LogP contribution in [0.5, 0.6) is 0 Å². The molecule has 2 aromatic carbocycles. The van der Waals surface area contributed by atoms with Crippen LogP contribution in [0.15, 0.2) is 67.0 Å². The van der Waals surface area contributed by atoms with E-state index in [-0.39, 0.29) is 5.91 Å². The molecule has 0 atom stereocenters. The zero-order valence-electron chi connectivity index (χ0n) is 16.6. The van der Waals surface area contributed by atoms with E-state index < -0.39 is 0 Å². The predicted molar refractivity (Wildman–Crippen MR) is 115 cm³/mol. The summed E-state index contributed by atoms with van der Waals surface area (Å²) in [4.78, 5) is 25.7. The van der Waals surface area contributed by atoms with Crippen LogP contribution in [0.25, 0.3) is 0 Å². The smallest absolute Gasteiger partial charge is 0.271 e. The Hall–Kier alpha value is -3.41. The monoisotopic (exact) mass is 387 g/mol. The van der Waals surface area contributed by atoms with E-state index in [2.05, 4.69) is 49.4 Å². The van der Waals surface area contributed by atoms with Crippen molar-refractivity contribution in [1.82, 2.24) is 15.3 Å². The lowest BCUT2D eigenvalue weighted by molar-refractivity contribution is 0.0945. The molecule has 3 aromatic rings. The van der Waals surface area contributed by atoms with Gasteiger partial charge in [0.25, 0.3) is 5.91 Å². The van der Waals surface area contributed by atoms with Crippen molar-refractivity contribution in [3.63, 3.8) is 0 Å². The lowest BCUT2D eigenvalue weighted by Gasteiger charge is -2.36. The van der Waals surface area contributed by atoms with E-state index in [0.717, 1.165) is 37.6 Å². The Bertz CT molecular complexity index is 933. The van der Waals surface area contributed by atoms with Crippen LogP contribution in [0, 0.1) is 6.92 Å². The predicted octanol–water partition coefficient (Wildman–Crippen LogP) is 3.04. The van der Waals surface area contributed by atoms with Gasteiger partial charge in [-0.05, 0) is 24.6 Å². The van der Waals surface area contributed by atoms with Crippen LogP contribution in [-0.4, -0.2) is 42.1 Å². The zero-order valence-corrected chi connectivity index (χ0v) is 16.6. The molecule has 1 N–H and O–H groups in total. The molecule has 2 heterocycles. The number of aryl methyl sites for hydroxylation is 1. The van der Waals surface area contributed by atoms with Crippen molar-refractivity contribution in [1.29, 1.82) is 0 Å². The summed E-state index contributed by atoms with van der Waals surface area (Å²) in [5.41, 5.74) is 3.85. The molecule has 6 heteroatoms. The lowest BCUT2D eigenvalue weighted by Crippen LogP contribution is -2.46.